The second-order valence-electron chi connectivity index (χ2n) is 6.17. The number of carboxylic acids is 1. The molecule has 0 amide bonds. The lowest BCUT2D eigenvalue weighted by molar-refractivity contribution is -0.929. The van der Waals surface area contributed by atoms with E-state index in [1.807, 2.05) is 0 Å². The molecule has 0 aliphatic rings. The number of hydrogen-bond acceptors (Lipinski definition) is 1. The van der Waals surface area contributed by atoms with Crippen molar-refractivity contribution < 1.29 is 28.5 Å². The van der Waals surface area contributed by atoms with Gasteiger partial charge in [0.15, 0.2) is 0 Å². The molecule has 0 aliphatic heterocycles. The second-order valence-corrected chi connectivity index (χ2v) is 6.17. The van der Waals surface area contributed by atoms with Crippen molar-refractivity contribution in [2.24, 2.45) is 0 Å². The Labute approximate surface area is 147 Å². The highest BCUT2D eigenvalue weighted by molar-refractivity contribution is 5.62. The number of hydrogen-bond donors (Lipinski definition) is 1. The summed E-state index contributed by atoms with van der Waals surface area (Å²) in [6, 6.07) is 0. The van der Waals surface area contributed by atoms with Crippen LogP contribution in [-0.2, 0) is 4.79 Å². The molecule has 0 aromatic rings. The van der Waals surface area contributed by atoms with Crippen LogP contribution in [0.3, 0.4) is 0 Å². The Kier molecular flexibility index (Phi) is 35.2. The van der Waals surface area contributed by atoms with Gasteiger partial charge in [-0.25, -0.2) is 0 Å². The fourth-order valence-electron chi connectivity index (χ4n) is 2.64. The van der Waals surface area contributed by atoms with E-state index in [2.05, 4.69) is 27.7 Å². The molecule has 0 aliphatic carbocycles. The zero-order valence-corrected chi connectivity index (χ0v) is 16.5. The van der Waals surface area contributed by atoms with Crippen LogP contribution >= 0.6 is 0 Å². The van der Waals surface area contributed by atoms with Crippen LogP contribution in [0.4, 0.5) is 14.1 Å². The summed E-state index contributed by atoms with van der Waals surface area (Å²) in [7, 11) is 0. The lowest BCUT2D eigenvalue weighted by atomic mass is 10.1. The third-order valence-corrected chi connectivity index (χ3v) is 3.94. The third kappa shape index (κ3) is 23.5. The zero-order valence-electron chi connectivity index (χ0n) is 16.5. The monoisotopic (exact) mass is 362 g/mol. The molecule has 3 nitrogen and oxygen atoms in total. The van der Waals surface area contributed by atoms with E-state index in [1.165, 1.54) is 82.0 Å². The SMILES string of the molecule is CC(=O)O.CCCC[N+](CCCC)(CCCC)CCCC.F.F.F. The highest BCUT2D eigenvalue weighted by Gasteiger charge is 2.24. The van der Waals surface area contributed by atoms with Crippen molar-refractivity contribution in [3.05, 3.63) is 0 Å². The average molecular weight is 363 g/mol. The van der Waals surface area contributed by atoms with Crippen LogP contribution in [0.15, 0.2) is 0 Å². The first-order valence-corrected chi connectivity index (χ1v) is 9.02. The average Bonchev–Trinajstić information content (AvgIpc) is 2.45. The van der Waals surface area contributed by atoms with Crippen LogP contribution < -0.4 is 0 Å². The molecule has 0 radical (unpaired) electrons. The number of carbonyl (C=O) groups is 1. The Bertz CT molecular complexity index is 201. The highest BCUT2D eigenvalue weighted by Crippen LogP contribution is 2.16. The van der Waals surface area contributed by atoms with E-state index in [-0.39, 0.29) is 14.1 Å². The van der Waals surface area contributed by atoms with Crippen LogP contribution in [0.2, 0.25) is 0 Å². The normalized spacial score (nSPS) is 9.54. The molecule has 0 heterocycles. The van der Waals surface area contributed by atoms with E-state index < -0.39 is 5.97 Å². The van der Waals surface area contributed by atoms with Crippen molar-refractivity contribution in [1.29, 1.82) is 0 Å². The molecule has 0 bridgehead atoms. The Morgan fingerprint density at radius 3 is 0.958 bits per heavy atom. The van der Waals surface area contributed by atoms with Crippen molar-refractivity contribution in [2.75, 3.05) is 26.2 Å². The van der Waals surface area contributed by atoms with Gasteiger partial charge in [-0.2, -0.15) is 0 Å². The molecule has 0 spiro atoms. The topological polar surface area (TPSA) is 37.3 Å². The van der Waals surface area contributed by atoms with Crippen molar-refractivity contribution >= 4 is 5.97 Å². The molecule has 24 heavy (non-hydrogen) atoms. The Hall–Kier alpha value is -0.780. The van der Waals surface area contributed by atoms with Crippen LogP contribution in [0.1, 0.15) is 86.0 Å². The summed E-state index contributed by atoms with van der Waals surface area (Å²) in [6.45, 7) is 16.1. The van der Waals surface area contributed by atoms with Crippen molar-refractivity contribution in [1.82, 2.24) is 0 Å². The number of aliphatic carboxylic acids is 1. The molecule has 0 atom stereocenters. The van der Waals surface area contributed by atoms with Gasteiger partial charge in [0.2, 0.25) is 0 Å². The summed E-state index contributed by atoms with van der Waals surface area (Å²) < 4.78 is 1.42. The smallest absolute Gasteiger partial charge is 0.300 e. The van der Waals surface area contributed by atoms with Gasteiger partial charge in [0.25, 0.3) is 5.97 Å². The number of rotatable bonds is 12. The van der Waals surface area contributed by atoms with Gasteiger partial charge >= 0.3 is 0 Å². The lowest BCUT2D eigenvalue weighted by Gasteiger charge is -2.39. The molecule has 152 valence electrons. The molecule has 0 saturated carbocycles. The van der Waals surface area contributed by atoms with Gasteiger partial charge in [-0.1, -0.05) is 53.4 Å². The molecule has 0 saturated heterocycles. The van der Waals surface area contributed by atoms with Crippen LogP contribution in [0.25, 0.3) is 0 Å². The van der Waals surface area contributed by atoms with Gasteiger partial charge in [0.1, 0.15) is 0 Å². The summed E-state index contributed by atoms with van der Waals surface area (Å²) in [4.78, 5) is 9.00. The van der Waals surface area contributed by atoms with Gasteiger partial charge in [0.05, 0.1) is 26.2 Å². The van der Waals surface area contributed by atoms with E-state index in [1.54, 1.807) is 0 Å². The van der Waals surface area contributed by atoms with Crippen LogP contribution in [0.5, 0.6) is 0 Å². The summed E-state index contributed by atoms with van der Waals surface area (Å²) in [5.74, 6) is -0.833. The molecule has 0 rings (SSSR count). The number of halogens is 3. The van der Waals surface area contributed by atoms with Gasteiger partial charge in [-0.3, -0.25) is 18.9 Å². The lowest BCUT2D eigenvalue weighted by Crippen LogP contribution is -2.50. The molecule has 0 aromatic carbocycles. The van der Waals surface area contributed by atoms with Crippen molar-refractivity contribution in [2.45, 2.75) is 86.0 Å². The molecular weight excluding hydrogens is 319 g/mol. The van der Waals surface area contributed by atoms with E-state index in [0.717, 1.165) is 6.92 Å². The van der Waals surface area contributed by atoms with Gasteiger partial charge < -0.3 is 9.59 Å². The highest BCUT2D eigenvalue weighted by atomic mass is 19.0. The predicted octanol–water partition coefficient (Wildman–Crippen LogP) is 5.55. The molecule has 6 heteroatoms. The molecule has 0 unspecified atom stereocenters. The largest absolute Gasteiger partial charge is 0.481 e. The van der Waals surface area contributed by atoms with E-state index >= 15 is 0 Å². The summed E-state index contributed by atoms with van der Waals surface area (Å²) in [6.07, 6.45) is 11.1. The summed E-state index contributed by atoms with van der Waals surface area (Å²) >= 11 is 0. The molecule has 1 N–H and O–H groups in total. The Morgan fingerprint density at radius 2 is 0.833 bits per heavy atom. The van der Waals surface area contributed by atoms with Gasteiger partial charge in [-0.05, 0) is 25.7 Å². The minimum absolute atomic E-state index is 0. The first-order valence-electron chi connectivity index (χ1n) is 9.02. The molecule has 0 fully saturated rings. The number of carboxylic acid groups (broad SMARTS) is 1. The Balaban J connectivity index is -0.000000154. The Morgan fingerprint density at radius 1 is 0.667 bits per heavy atom. The summed E-state index contributed by atoms with van der Waals surface area (Å²) in [5.41, 5.74) is 0. The van der Waals surface area contributed by atoms with Crippen molar-refractivity contribution in [3.63, 3.8) is 0 Å². The third-order valence-electron chi connectivity index (χ3n) is 3.94. The van der Waals surface area contributed by atoms with Gasteiger partial charge in [-0.15, -0.1) is 0 Å². The minimum Gasteiger partial charge on any atom is -0.481 e. The molecular formula is C18H43F3NO2+. The number of quaternary nitrogens is 1. The standard InChI is InChI=1S/C16H36N.C2H4O2.3FH/c1-5-9-13-17(14-10-6-2,15-11-7-3)16-12-8-4;1-2(3)4;;;/h5-16H2,1-4H3;1H3,(H,3,4);3*1H/q+1;;;;. The fourth-order valence-corrected chi connectivity index (χ4v) is 2.64. The van der Waals surface area contributed by atoms with Gasteiger partial charge in [0, 0.05) is 6.92 Å². The maximum atomic E-state index is 9.00. The van der Waals surface area contributed by atoms with Crippen LogP contribution in [0, 0.1) is 0 Å². The quantitative estimate of drug-likeness (QED) is 0.462. The first kappa shape index (κ1) is 34.5. The fraction of sp³-hybridized carbons (Fsp3) is 0.944. The predicted molar refractivity (Wildman–Crippen MR) is 100 cm³/mol. The van der Waals surface area contributed by atoms with E-state index in [4.69, 9.17) is 9.90 Å². The van der Waals surface area contributed by atoms with Crippen LogP contribution in [-0.4, -0.2) is 41.7 Å². The maximum Gasteiger partial charge on any atom is 0.300 e. The number of nitrogens with zero attached hydrogens (tertiary/aromatic N) is 1. The number of unbranched alkanes of at least 4 members (excludes halogenated alkanes) is 4. The molecule has 0 aromatic heterocycles. The summed E-state index contributed by atoms with van der Waals surface area (Å²) in [5, 5.41) is 7.42. The minimum atomic E-state index is -0.833. The van der Waals surface area contributed by atoms with E-state index in [9.17, 15) is 0 Å². The second kappa shape index (κ2) is 24.5. The van der Waals surface area contributed by atoms with E-state index in [0.29, 0.717) is 0 Å². The van der Waals surface area contributed by atoms with Crippen molar-refractivity contribution in [3.8, 4) is 0 Å². The zero-order chi connectivity index (χ0) is 16.6. The first-order chi connectivity index (χ1) is 9.97. The maximum absolute atomic E-state index is 9.00.